The lowest BCUT2D eigenvalue weighted by Gasteiger charge is -2.08. The summed E-state index contributed by atoms with van der Waals surface area (Å²) in [6.45, 7) is 0. The summed E-state index contributed by atoms with van der Waals surface area (Å²) in [7, 11) is 3.82. The van der Waals surface area contributed by atoms with Crippen LogP contribution in [0.4, 0.5) is 10.1 Å². The van der Waals surface area contributed by atoms with Crippen molar-refractivity contribution in [2.75, 3.05) is 12.4 Å². The molecule has 1 aromatic heterocycles. The van der Waals surface area contributed by atoms with Crippen molar-refractivity contribution in [1.82, 2.24) is 9.55 Å². The number of halogens is 1. The fourth-order valence-electron chi connectivity index (χ4n) is 2.31. The fourth-order valence-corrected chi connectivity index (χ4v) is 2.31. The minimum absolute atomic E-state index is 0.265. The molecule has 0 saturated carbocycles. The van der Waals surface area contributed by atoms with E-state index in [9.17, 15) is 4.39 Å². The van der Waals surface area contributed by atoms with Gasteiger partial charge in [0.1, 0.15) is 11.6 Å². The summed E-state index contributed by atoms with van der Waals surface area (Å²) in [5.74, 6) is 0.560. The number of rotatable bonds is 2. The Bertz CT molecular complexity index is 746. The molecule has 2 aromatic carbocycles. The fraction of sp³-hybridized carbons (Fsp3) is 0.133. The number of aromatic nitrogens is 2. The predicted molar refractivity (Wildman–Crippen MR) is 75.7 cm³/mol. The van der Waals surface area contributed by atoms with Crippen molar-refractivity contribution in [3.8, 4) is 11.4 Å². The first-order chi connectivity index (χ1) is 9.20. The lowest BCUT2D eigenvalue weighted by Crippen LogP contribution is -1.97. The molecule has 96 valence electrons. The van der Waals surface area contributed by atoms with Crippen molar-refractivity contribution in [1.29, 1.82) is 0 Å². The van der Waals surface area contributed by atoms with Crippen LogP contribution in [0.25, 0.3) is 22.4 Å². The van der Waals surface area contributed by atoms with E-state index in [4.69, 9.17) is 0 Å². The van der Waals surface area contributed by atoms with Crippen LogP contribution in [0.5, 0.6) is 0 Å². The first kappa shape index (κ1) is 11.7. The Morgan fingerprint density at radius 3 is 2.74 bits per heavy atom. The van der Waals surface area contributed by atoms with E-state index in [1.807, 2.05) is 42.9 Å². The molecule has 0 aliphatic rings. The number of anilines is 1. The summed E-state index contributed by atoms with van der Waals surface area (Å²) in [6, 6.07) is 12.6. The largest absolute Gasteiger partial charge is 0.388 e. The number of nitrogens with zero attached hydrogens (tertiary/aromatic N) is 2. The molecule has 1 N–H and O–H groups in total. The summed E-state index contributed by atoms with van der Waals surface area (Å²) in [6.07, 6.45) is 0. The molecule has 3 nitrogen and oxygen atoms in total. The van der Waals surface area contributed by atoms with Gasteiger partial charge in [-0.1, -0.05) is 12.1 Å². The van der Waals surface area contributed by atoms with Crippen molar-refractivity contribution < 1.29 is 4.39 Å². The number of imidazole rings is 1. The Morgan fingerprint density at radius 1 is 1.16 bits per heavy atom. The van der Waals surface area contributed by atoms with Crippen LogP contribution in [0.1, 0.15) is 0 Å². The van der Waals surface area contributed by atoms with Gasteiger partial charge in [0.2, 0.25) is 0 Å². The van der Waals surface area contributed by atoms with E-state index in [2.05, 4.69) is 10.3 Å². The Hall–Kier alpha value is -2.36. The lowest BCUT2D eigenvalue weighted by molar-refractivity contribution is 0.629. The summed E-state index contributed by atoms with van der Waals surface area (Å²) >= 11 is 0. The highest BCUT2D eigenvalue weighted by atomic mass is 19.1. The molecule has 0 saturated heterocycles. The maximum Gasteiger partial charge on any atom is 0.142 e. The van der Waals surface area contributed by atoms with Crippen LogP contribution in [-0.2, 0) is 7.05 Å². The normalized spacial score (nSPS) is 10.9. The van der Waals surface area contributed by atoms with E-state index < -0.39 is 0 Å². The SMILES string of the molecule is CNc1ccccc1-c1nc2cc(F)ccc2n1C. The van der Waals surface area contributed by atoms with Gasteiger partial charge >= 0.3 is 0 Å². The van der Waals surface area contributed by atoms with Crippen LogP contribution < -0.4 is 5.32 Å². The molecule has 0 aliphatic carbocycles. The number of hydrogen-bond donors (Lipinski definition) is 1. The third-order valence-electron chi connectivity index (χ3n) is 3.28. The van der Waals surface area contributed by atoms with Crippen molar-refractivity contribution in [2.45, 2.75) is 0 Å². The molecule has 0 atom stereocenters. The second-order valence-electron chi connectivity index (χ2n) is 4.42. The maximum absolute atomic E-state index is 13.3. The smallest absolute Gasteiger partial charge is 0.142 e. The lowest BCUT2D eigenvalue weighted by atomic mass is 10.1. The Balaban J connectivity index is 2.28. The Labute approximate surface area is 110 Å². The third kappa shape index (κ3) is 1.85. The molecule has 1 heterocycles. The maximum atomic E-state index is 13.3. The van der Waals surface area contributed by atoms with Gasteiger partial charge in [-0.15, -0.1) is 0 Å². The number of fused-ring (bicyclic) bond motifs is 1. The van der Waals surface area contributed by atoms with Gasteiger partial charge < -0.3 is 9.88 Å². The number of para-hydroxylation sites is 1. The highest BCUT2D eigenvalue weighted by Crippen LogP contribution is 2.29. The van der Waals surface area contributed by atoms with Crippen LogP contribution in [0, 0.1) is 5.82 Å². The van der Waals surface area contributed by atoms with Crippen molar-refractivity contribution in [2.24, 2.45) is 7.05 Å². The summed E-state index contributed by atoms with van der Waals surface area (Å²) in [5, 5.41) is 3.15. The van der Waals surface area contributed by atoms with Crippen LogP contribution in [0.2, 0.25) is 0 Å². The first-order valence-corrected chi connectivity index (χ1v) is 6.10. The molecule has 0 radical (unpaired) electrons. The average molecular weight is 255 g/mol. The van der Waals surface area contributed by atoms with Gasteiger partial charge in [0.15, 0.2) is 0 Å². The minimum Gasteiger partial charge on any atom is -0.388 e. The average Bonchev–Trinajstić information content (AvgIpc) is 2.75. The third-order valence-corrected chi connectivity index (χ3v) is 3.28. The van der Waals surface area contributed by atoms with Gasteiger partial charge in [-0.25, -0.2) is 9.37 Å². The molecule has 0 aliphatic heterocycles. The van der Waals surface area contributed by atoms with Crippen molar-refractivity contribution in [3.63, 3.8) is 0 Å². The highest BCUT2D eigenvalue weighted by molar-refractivity contribution is 5.84. The molecule has 0 amide bonds. The van der Waals surface area contributed by atoms with Gasteiger partial charge in [-0.05, 0) is 24.3 Å². The summed E-state index contributed by atoms with van der Waals surface area (Å²) in [5.41, 5.74) is 3.59. The molecule has 4 heteroatoms. The monoisotopic (exact) mass is 255 g/mol. The van der Waals surface area contributed by atoms with Crippen LogP contribution in [-0.4, -0.2) is 16.6 Å². The molecule has 0 bridgehead atoms. The molecule has 0 unspecified atom stereocenters. The number of benzene rings is 2. The highest BCUT2D eigenvalue weighted by Gasteiger charge is 2.12. The number of nitrogens with one attached hydrogen (secondary N) is 1. The second-order valence-corrected chi connectivity index (χ2v) is 4.42. The zero-order valence-corrected chi connectivity index (χ0v) is 10.8. The van der Waals surface area contributed by atoms with Gasteiger partial charge in [0.25, 0.3) is 0 Å². The summed E-state index contributed by atoms with van der Waals surface area (Å²) < 4.78 is 15.2. The minimum atomic E-state index is -0.265. The van der Waals surface area contributed by atoms with E-state index in [-0.39, 0.29) is 5.82 Å². The van der Waals surface area contributed by atoms with E-state index in [1.165, 1.54) is 12.1 Å². The Kier molecular flexibility index (Phi) is 2.71. The Morgan fingerprint density at radius 2 is 1.95 bits per heavy atom. The zero-order chi connectivity index (χ0) is 13.4. The second kappa shape index (κ2) is 4.39. The van der Waals surface area contributed by atoms with Crippen molar-refractivity contribution in [3.05, 3.63) is 48.3 Å². The van der Waals surface area contributed by atoms with E-state index >= 15 is 0 Å². The van der Waals surface area contributed by atoms with Crippen LogP contribution in [0.15, 0.2) is 42.5 Å². The van der Waals surface area contributed by atoms with Gasteiger partial charge in [-0.3, -0.25) is 0 Å². The number of aryl methyl sites for hydroxylation is 1. The van der Waals surface area contributed by atoms with Gasteiger partial charge in [0.05, 0.1) is 11.0 Å². The van der Waals surface area contributed by atoms with Gasteiger partial charge in [0, 0.05) is 31.4 Å². The topological polar surface area (TPSA) is 29.9 Å². The van der Waals surface area contributed by atoms with Crippen LogP contribution >= 0.6 is 0 Å². The van der Waals surface area contributed by atoms with Crippen molar-refractivity contribution >= 4 is 16.7 Å². The first-order valence-electron chi connectivity index (χ1n) is 6.10. The predicted octanol–water partition coefficient (Wildman–Crippen LogP) is 3.42. The molecule has 19 heavy (non-hydrogen) atoms. The molecular formula is C15H14FN3. The zero-order valence-electron chi connectivity index (χ0n) is 10.8. The quantitative estimate of drug-likeness (QED) is 0.760. The van der Waals surface area contributed by atoms with E-state index in [0.29, 0.717) is 5.52 Å². The number of hydrogen-bond acceptors (Lipinski definition) is 2. The van der Waals surface area contributed by atoms with Gasteiger partial charge in [-0.2, -0.15) is 0 Å². The molecule has 0 fully saturated rings. The van der Waals surface area contributed by atoms with Crippen LogP contribution in [0.3, 0.4) is 0 Å². The molecule has 3 rings (SSSR count). The molecule has 0 spiro atoms. The molecule has 3 aromatic rings. The van der Waals surface area contributed by atoms with E-state index in [1.54, 1.807) is 6.07 Å². The summed E-state index contributed by atoms with van der Waals surface area (Å²) in [4.78, 5) is 4.53. The standard InChI is InChI=1S/C15H14FN3/c1-17-12-6-4-3-5-11(12)15-18-13-9-10(16)7-8-14(13)19(15)2/h3-9,17H,1-2H3. The van der Waals surface area contributed by atoms with E-state index in [0.717, 1.165) is 22.6 Å². The molecular weight excluding hydrogens is 241 g/mol.